The molecule has 3 aromatic rings. The second-order valence-corrected chi connectivity index (χ2v) is 8.87. The van der Waals surface area contributed by atoms with Gasteiger partial charge < -0.3 is 26.0 Å². The Hall–Kier alpha value is -3.40. The van der Waals surface area contributed by atoms with Crippen molar-refractivity contribution in [3.05, 3.63) is 86.6 Å². The van der Waals surface area contributed by atoms with Gasteiger partial charge in [-0.05, 0) is 59.7 Å². The predicted octanol–water partition coefficient (Wildman–Crippen LogP) is 3.39. The van der Waals surface area contributed by atoms with Crippen molar-refractivity contribution in [3.63, 3.8) is 0 Å². The molecule has 1 aromatic heterocycles. The number of aliphatic hydroxyl groups excluding tert-OH is 1. The zero-order chi connectivity index (χ0) is 24.7. The van der Waals surface area contributed by atoms with Crippen LogP contribution in [0.1, 0.15) is 43.7 Å². The van der Waals surface area contributed by atoms with Crippen molar-refractivity contribution < 1.29 is 29.7 Å². The van der Waals surface area contributed by atoms with Crippen LogP contribution in [0.15, 0.2) is 60.0 Å². The second-order valence-electron chi connectivity index (χ2n) is 7.52. The molecule has 0 aliphatic rings. The fraction of sp³-hybridized carbons (Fsp3) is 0.208. The summed E-state index contributed by atoms with van der Waals surface area (Å²) in [6.07, 6.45) is 0.0518. The van der Waals surface area contributed by atoms with E-state index in [2.05, 4.69) is 10.6 Å². The summed E-state index contributed by atoms with van der Waals surface area (Å²) in [6.45, 7) is -0.291. The fourth-order valence-corrected chi connectivity index (χ4v) is 4.16. The van der Waals surface area contributed by atoms with Crippen LogP contribution in [0.5, 0.6) is 5.75 Å². The third kappa shape index (κ3) is 6.80. The normalized spacial score (nSPS) is 12.5. The highest BCUT2D eigenvalue weighted by Crippen LogP contribution is 2.24. The van der Waals surface area contributed by atoms with Crippen molar-refractivity contribution in [1.29, 1.82) is 0 Å². The third-order valence-corrected chi connectivity index (χ3v) is 6.24. The molecule has 0 fully saturated rings. The number of phenolic OH excluding ortho intramolecular Hbond substituents is 1. The molecule has 0 aliphatic carbocycles. The molecule has 0 saturated carbocycles. The van der Waals surface area contributed by atoms with Gasteiger partial charge in [-0.2, -0.15) is 0 Å². The molecule has 1 heterocycles. The summed E-state index contributed by atoms with van der Waals surface area (Å²) in [5.41, 5.74) is 1.46. The summed E-state index contributed by atoms with van der Waals surface area (Å²) < 4.78 is 0. The monoisotopic (exact) mass is 502 g/mol. The molecule has 0 spiro atoms. The van der Waals surface area contributed by atoms with E-state index in [1.54, 1.807) is 41.8 Å². The number of nitrogens with one attached hydrogen (secondary N) is 2. The number of amides is 2. The minimum absolute atomic E-state index is 0.0701. The second kappa shape index (κ2) is 11.6. The Morgan fingerprint density at radius 1 is 1.03 bits per heavy atom. The smallest absolute Gasteiger partial charge is 0.328 e. The van der Waals surface area contributed by atoms with Crippen LogP contribution >= 0.6 is 22.9 Å². The van der Waals surface area contributed by atoms with E-state index in [9.17, 15) is 29.7 Å². The number of benzene rings is 2. The van der Waals surface area contributed by atoms with Gasteiger partial charge in [0, 0.05) is 6.54 Å². The van der Waals surface area contributed by atoms with E-state index in [0.29, 0.717) is 23.3 Å². The highest BCUT2D eigenvalue weighted by molar-refractivity contribution is 7.12. The molecule has 8 nitrogen and oxygen atoms in total. The Morgan fingerprint density at radius 2 is 1.82 bits per heavy atom. The van der Waals surface area contributed by atoms with Crippen LogP contribution < -0.4 is 10.6 Å². The lowest BCUT2D eigenvalue weighted by molar-refractivity contribution is -0.139. The van der Waals surface area contributed by atoms with Gasteiger partial charge in [0.2, 0.25) is 0 Å². The number of hydrogen-bond acceptors (Lipinski definition) is 6. The molecule has 2 amide bonds. The number of carboxylic acids is 1. The minimum atomic E-state index is -1.34. The quantitative estimate of drug-likeness (QED) is 0.288. The van der Waals surface area contributed by atoms with E-state index in [-0.39, 0.29) is 22.9 Å². The van der Waals surface area contributed by atoms with Gasteiger partial charge in [-0.1, -0.05) is 35.9 Å². The molecule has 3 rings (SSSR count). The van der Waals surface area contributed by atoms with Crippen LogP contribution in [0, 0.1) is 0 Å². The summed E-state index contributed by atoms with van der Waals surface area (Å²) >= 11 is 7.48. The minimum Gasteiger partial charge on any atom is -0.508 e. The number of aryl methyl sites for hydroxylation is 1. The molecule has 34 heavy (non-hydrogen) atoms. The van der Waals surface area contributed by atoms with Crippen LogP contribution in [0.25, 0.3) is 0 Å². The molecule has 0 radical (unpaired) electrons. The van der Waals surface area contributed by atoms with Crippen molar-refractivity contribution >= 4 is 40.7 Å². The third-order valence-electron chi connectivity index (χ3n) is 5.05. The Morgan fingerprint density at radius 3 is 2.47 bits per heavy atom. The van der Waals surface area contributed by atoms with Gasteiger partial charge in [0.25, 0.3) is 11.8 Å². The molecule has 2 aromatic carbocycles. The maximum absolute atomic E-state index is 12.6. The first-order chi connectivity index (χ1) is 16.2. The number of halogens is 1. The topological polar surface area (TPSA) is 136 Å². The predicted molar refractivity (Wildman–Crippen MR) is 128 cm³/mol. The first-order valence-corrected chi connectivity index (χ1v) is 11.6. The van der Waals surface area contributed by atoms with E-state index < -0.39 is 29.9 Å². The zero-order valence-electron chi connectivity index (χ0n) is 17.9. The number of carboxylic acid groups (broad SMARTS) is 1. The Balaban J connectivity index is 1.58. The van der Waals surface area contributed by atoms with E-state index in [4.69, 9.17) is 11.6 Å². The van der Waals surface area contributed by atoms with Gasteiger partial charge in [0.15, 0.2) is 0 Å². The first-order valence-electron chi connectivity index (χ1n) is 10.4. The van der Waals surface area contributed by atoms with E-state index >= 15 is 0 Å². The Kier molecular flexibility index (Phi) is 8.64. The molecule has 0 saturated heterocycles. The van der Waals surface area contributed by atoms with E-state index in [1.807, 2.05) is 0 Å². The number of thiophene rings is 1. The lowest BCUT2D eigenvalue weighted by Gasteiger charge is -2.16. The van der Waals surface area contributed by atoms with Crippen molar-refractivity contribution in [2.45, 2.75) is 25.0 Å². The molecule has 0 bridgehead atoms. The van der Waals surface area contributed by atoms with Crippen molar-refractivity contribution in [2.24, 2.45) is 0 Å². The van der Waals surface area contributed by atoms with E-state index in [1.165, 1.54) is 29.5 Å². The molecular weight excluding hydrogens is 480 g/mol. The van der Waals surface area contributed by atoms with Gasteiger partial charge in [0.05, 0.1) is 21.6 Å². The number of aliphatic carboxylic acids is 1. The highest BCUT2D eigenvalue weighted by atomic mass is 35.5. The molecule has 5 N–H and O–H groups in total. The number of aliphatic hydroxyl groups is 1. The van der Waals surface area contributed by atoms with Gasteiger partial charge in [-0.25, -0.2) is 4.79 Å². The number of aromatic hydroxyl groups is 1. The van der Waals surface area contributed by atoms with Crippen molar-refractivity contribution in [3.8, 4) is 5.75 Å². The van der Waals surface area contributed by atoms with E-state index in [0.717, 1.165) is 5.56 Å². The van der Waals surface area contributed by atoms with Gasteiger partial charge in [-0.15, -0.1) is 11.3 Å². The van der Waals surface area contributed by atoms with Crippen LogP contribution in [-0.4, -0.2) is 45.7 Å². The Bertz CT molecular complexity index is 1170. The molecule has 2 atom stereocenters. The summed E-state index contributed by atoms with van der Waals surface area (Å²) in [5.74, 6) is -2.34. The van der Waals surface area contributed by atoms with Crippen LogP contribution in [0.4, 0.5) is 0 Å². The Labute approximate surface area is 204 Å². The van der Waals surface area contributed by atoms with Crippen molar-refractivity contribution in [2.75, 3.05) is 6.54 Å². The van der Waals surface area contributed by atoms with Crippen molar-refractivity contribution in [1.82, 2.24) is 10.6 Å². The van der Waals surface area contributed by atoms with Crippen LogP contribution in [-0.2, 0) is 11.2 Å². The number of rotatable bonds is 10. The van der Waals surface area contributed by atoms with Gasteiger partial charge >= 0.3 is 5.97 Å². The summed E-state index contributed by atoms with van der Waals surface area (Å²) in [7, 11) is 0. The first kappa shape index (κ1) is 25.2. The molecule has 10 heteroatoms. The number of hydrogen-bond donors (Lipinski definition) is 5. The summed E-state index contributed by atoms with van der Waals surface area (Å²) in [4.78, 5) is 36.6. The molecule has 0 aliphatic heterocycles. The SMILES string of the molecule is O=C(NC[C@H](NC(=O)c1ccc(CCC(O)c2cccc(O)c2)cc1Cl)C(=O)O)c1cccs1. The average molecular weight is 503 g/mol. The summed E-state index contributed by atoms with van der Waals surface area (Å²) in [5, 5.41) is 36.0. The number of carbonyl (C=O) groups is 3. The lowest BCUT2D eigenvalue weighted by Crippen LogP contribution is -2.48. The fourth-order valence-electron chi connectivity index (χ4n) is 3.23. The standard InChI is InChI=1S/C24H23ClN2O6S/c25-18-11-14(7-9-20(29)15-3-1-4-16(28)12-15)6-8-17(18)22(30)27-19(24(32)33)13-26-23(31)21-5-2-10-34-21/h1-6,8,10-12,19-20,28-29H,7,9,13H2,(H,26,31)(H,27,30)(H,32,33)/t19-,20?/m0/s1. The summed E-state index contributed by atoms with van der Waals surface area (Å²) in [6, 6.07) is 13.1. The number of phenols is 1. The maximum atomic E-state index is 12.6. The van der Waals surface area contributed by atoms with Crippen LogP contribution in [0.3, 0.4) is 0 Å². The lowest BCUT2D eigenvalue weighted by atomic mass is 10.00. The molecule has 178 valence electrons. The molecular formula is C24H23ClN2O6S. The molecule has 1 unspecified atom stereocenters. The van der Waals surface area contributed by atoms with Gasteiger partial charge in [0.1, 0.15) is 11.8 Å². The maximum Gasteiger partial charge on any atom is 0.328 e. The average Bonchev–Trinajstić information content (AvgIpc) is 3.35. The van der Waals surface area contributed by atoms with Gasteiger partial charge in [-0.3, -0.25) is 9.59 Å². The largest absolute Gasteiger partial charge is 0.508 e. The van der Waals surface area contributed by atoms with Crippen LogP contribution in [0.2, 0.25) is 5.02 Å². The number of carbonyl (C=O) groups excluding carboxylic acids is 2. The zero-order valence-corrected chi connectivity index (χ0v) is 19.5. The highest BCUT2D eigenvalue weighted by Gasteiger charge is 2.23.